The van der Waals surface area contributed by atoms with E-state index in [4.69, 9.17) is 3.80 Å². The van der Waals surface area contributed by atoms with Crippen LogP contribution in [0.3, 0.4) is 0 Å². The van der Waals surface area contributed by atoms with E-state index < -0.39 is 21.5 Å². The molecule has 4 heteroatoms. The van der Waals surface area contributed by atoms with Crippen molar-refractivity contribution in [3.8, 4) is 0 Å². The van der Waals surface area contributed by atoms with E-state index in [1.807, 2.05) is 0 Å². The van der Waals surface area contributed by atoms with Crippen LogP contribution < -0.4 is 0 Å². The van der Waals surface area contributed by atoms with Crippen LogP contribution in [0.5, 0.6) is 0 Å². The molecule has 0 rings (SSSR count). The van der Waals surface area contributed by atoms with Gasteiger partial charge in [0, 0.05) is 0 Å². The summed E-state index contributed by atoms with van der Waals surface area (Å²) in [5.74, 6) is 0. The fourth-order valence-electron chi connectivity index (χ4n) is 3.33. The van der Waals surface area contributed by atoms with E-state index in [1.165, 1.54) is 64.2 Å². The van der Waals surface area contributed by atoms with Crippen molar-refractivity contribution in [3.05, 3.63) is 0 Å². The van der Waals surface area contributed by atoms with Crippen LogP contribution in [-0.4, -0.2) is 38.9 Å². The van der Waals surface area contributed by atoms with Crippen molar-refractivity contribution in [2.45, 2.75) is 91.9 Å². The van der Waals surface area contributed by atoms with Crippen molar-refractivity contribution in [3.63, 3.8) is 0 Å². The summed E-state index contributed by atoms with van der Waals surface area (Å²) in [5.41, 5.74) is 0. The number of hydrogen-bond donors (Lipinski definition) is 0. The Morgan fingerprint density at radius 2 is 0.955 bits per heavy atom. The zero-order valence-electron chi connectivity index (χ0n) is 15.8. The third-order valence-corrected chi connectivity index (χ3v) is 10.4. The predicted molar refractivity (Wildman–Crippen MR) is 109 cm³/mol. The number of unbranched alkanes of at least 4 members (excludes halogenated alkanes) is 6. The number of rotatable bonds is 14. The van der Waals surface area contributed by atoms with E-state index >= 15 is 0 Å². The molecule has 0 spiro atoms. The molecule has 0 atom stereocenters. The molecule has 0 amide bonds. The fourth-order valence-corrected chi connectivity index (χ4v) is 9.14. The van der Waals surface area contributed by atoms with Gasteiger partial charge in [0.1, 0.15) is 0 Å². The van der Waals surface area contributed by atoms with Crippen LogP contribution in [0.4, 0.5) is 0 Å². The Labute approximate surface area is 151 Å². The van der Waals surface area contributed by atoms with Gasteiger partial charge in [-0.25, -0.2) is 0 Å². The van der Waals surface area contributed by atoms with Crippen LogP contribution in [0, 0.1) is 0 Å². The second-order valence-electron chi connectivity index (χ2n) is 6.71. The molecule has 22 heavy (non-hydrogen) atoms. The second kappa shape index (κ2) is 20.1. The van der Waals surface area contributed by atoms with Gasteiger partial charge < -0.3 is 0 Å². The van der Waals surface area contributed by atoms with Crippen molar-refractivity contribution in [1.82, 2.24) is 0 Å². The minimum atomic E-state index is -1.03. The first kappa shape index (κ1) is 25.3. The van der Waals surface area contributed by atoms with E-state index in [-0.39, 0.29) is 0 Å². The minimum absolute atomic E-state index is 0.908. The molecule has 0 aliphatic carbocycles. The Balaban J connectivity index is 0. The van der Waals surface area contributed by atoms with E-state index in [0.717, 1.165) is 0 Å². The monoisotopic (exact) mass is 366 g/mol. The average molecular weight is 367 g/mol. The molecule has 0 fully saturated rings. The van der Waals surface area contributed by atoms with Gasteiger partial charge in [0.15, 0.2) is 0 Å². The van der Waals surface area contributed by atoms with E-state index in [2.05, 4.69) is 37.7 Å². The topological polar surface area (TPSA) is 17.1 Å². The van der Waals surface area contributed by atoms with E-state index in [9.17, 15) is 0 Å². The van der Waals surface area contributed by atoms with Crippen LogP contribution in [0.1, 0.15) is 91.9 Å². The van der Waals surface area contributed by atoms with Crippen LogP contribution in [0.2, 0.25) is 0 Å². The average Bonchev–Trinajstić information content (AvgIpc) is 2.53. The molecule has 0 heterocycles. The molecule has 0 saturated heterocycles. The molecule has 0 unspecified atom stereocenters. The SMILES string of the molecule is CCCCCC[PH](CCCC)(CCCC)CCCC.[O]=[Al][Cl]. The van der Waals surface area contributed by atoms with Gasteiger partial charge in [0.05, 0.1) is 0 Å². The van der Waals surface area contributed by atoms with Crippen molar-refractivity contribution < 1.29 is 3.80 Å². The quantitative estimate of drug-likeness (QED) is 0.185. The first-order valence-electron chi connectivity index (χ1n) is 9.70. The Bertz CT molecular complexity index is 205. The first-order chi connectivity index (χ1) is 10.7. The van der Waals surface area contributed by atoms with Crippen LogP contribution >= 0.6 is 17.3 Å². The fraction of sp³-hybridized carbons (Fsp3) is 1.00. The predicted octanol–water partition coefficient (Wildman–Crippen LogP) is 6.91. The summed E-state index contributed by atoms with van der Waals surface area (Å²) < 4.78 is 8.78. The van der Waals surface area contributed by atoms with Gasteiger partial charge in [-0.2, -0.15) is 0 Å². The summed E-state index contributed by atoms with van der Waals surface area (Å²) in [6, 6.07) is 0. The van der Waals surface area contributed by atoms with Gasteiger partial charge in [-0.1, -0.05) is 0 Å². The van der Waals surface area contributed by atoms with E-state index in [0.29, 0.717) is 0 Å². The van der Waals surface area contributed by atoms with Gasteiger partial charge in [-0.05, 0) is 0 Å². The zero-order chi connectivity index (χ0) is 17.1. The van der Waals surface area contributed by atoms with Crippen molar-refractivity contribution in [2.75, 3.05) is 24.6 Å². The van der Waals surface area contributed by atoms with E-state index in [1.54, 1.807) is 24.6 Å². The molecule has 0 bridgehead atoms. The van der Waals surface area contributed by atoms with Crippen molar-refractivity contribution in [1.29, 1.82) is 0 Å². The van der Waals surface area contributed by atoms with Gasteiger partial charge in [0.2, 0.25) is 0 Å². The third-order valence-electron chi connectivity index (χ3n) is 4.74. The molecular formula is C18H41AlClOP. The Morgan fingerprint density at radius 3 is 1.27 bits per heavy atom. The van der Waals surface area contributed by atoms with Crippen LogP contribution in [0.15, 0.2) is 0 Å². The van der Waals surface area contributed by atoms with Gasteiger partial charge >= 0.3 is 152 Å². The van der Waals surface area contributed by atoms with Gasteiger partial charge in [-0.15, -0.1) is 0 Å². The maximum atomic E-state index is 8.78. The summed E-state index contributed by atoms with van der Waals surface area (Å²) in [6.45, 7) is 9.44. The Morgan fingerprint density at radius 1 is 0.636 bits per heavy atom. The summed E-state index contributed by atoms with van der Waals surface area (Å²) >= 11 is -1.03. The molecule has 0 saturated carbocycles. The molecule has 134 valence electrons. The van der Waals surface area contributed by atoms with Gasteiger partial charge in [0.25, 0.3) is 0 Å². The molecular weight excluding hydrogens is 326 g/mol. The van der Waals surface area contributed by atoms with Crippen molar-refractivity contribution >= 4 is 31.5 Å². The molecule has 0 aliphatic heterocycles. The second-order valence-corrected chi connectivity index (χ2v) is 12.4. The van der Waals surface area contributed by atoms with Crippen molar-refractivity contribution in [2.24, 2.45) is 0 Å². The maximum absolute atomic E-state index is 8.78. The Kier molecular flexibility index (Phi) is 23.1. The van der Waals surface area contributed by atoms with Gasteiger partial charge in [-0.3, -0.25) is 0 Å². The summed E-state index contributed by atoms with van der Waals surface area (Å²) in [4.78, 5) is 0. The molecule has 0 aromatic heterocycles. The molecule has 0 aromatic carbocycles. The number of hydrogen-bond acceptors (Lipinski definition) is 1. The third kappa shape index (κ3) is 15.9. The van der Waals surface area contributed by atoms with Crippen LogP contribution in [0.25, 0.3) is 0 Å². The zero-order valence-corrected chi connectivity index (χ0v) is 18.7. The molecule has 0 aromatic rings. The molecule has 1 nitrogen and oxygen atoms in total. The number of halogens is 1. The Hall–Kier alpha value is 1.05. The summed E-state index contributed by atoms with van der Waals surface area (Å²) in [7, 11) is 3.62. The molecule has 0 N–H and O–H groups in total. The molecule has 0 aliphatic rings. The summed E-state index contributed by atoms with van der Waals surface area (Å²) in [6.07, 6.45) is 21.2. The summed E-state index contributed by atoms with van der Waals surface area (Å²) in [5, 5.41) is 0. The first-order valence-corrected chi connectivity index (χ1v) is 14.7. The standard InChI is InChI=1S/C18H41P.Al.ClH.O/c1-5-9-13-14-18-19(15-10-6-2,16-11-7-3)17-12-8-4;;;/h19H,5-18H2,1-4H3;;1H;/q;+1;;/p-1. The van der Waals surface area contributed by atoms with Crippen LogP contribution in [-0.2, 0) is 3.80 Å². The molecule has 0 radical (unpaired) electrons. The normalized spacial score (nSPS) is 11.5.